The fraction of sp³-hybridized carbons (Fsp3) is 0.750. The number of hydrogen-bond acceptors (Lipinski definition) is 15. The molecule has 17 heteroatoms. The van der Waals surface area contributed by atoms with Crippen LogP contribution in [0.3, 0.4) is 0 Å². The minimum atomic E-state index is -2.85. The zero-order chi connectivity index (χ0) is 50.6. The quantitative estimate of drug-likeness (QED) is 0.114. The number of methoxy groups -OCH3 is 3. The topological polar surface area (TPSA) is 215 Å². The summed E-state index contributed by atoms with van der Waals surface area (Å²) in [5.41, 5.74) is 1.24. The van der Waals surface area contributed by atoms with Gasteiger partial charge in [-0.15, -0.1) is 4.70 Å². The number of nitrogens with zero attached hydrogens (tertiary/aromatic N) is 5. The molecule has 1 saturated carbocycles. The van der Waals surface area contributed by atoms with Crippen LogP contribution < -0.4 is 0 Å². The number of hydrogen-bond donors (Lipinski definition) is 2. The lowest BCUT2D eigenvalue weighted by Gasteiger charge is -2.40. The summed E-state index contributed by atoms with van der Waals surface area (Å²) in [7, 11) is 4.62. The van der Waals surface area contributed by atoms with Crippen molar-refractivity contribution in [3.8, 4) is 0 Å². The highest BCUT2D eigenvalue weighted by Crippen LogP contribution is 2.37. The van der Waals surface area contributed by atoms with Gasteiger partial charge in [0.2, 0.25) is 17.7 Å². The summed E-state index contributed by atoms with van der Waals surface area (Å²) in [5, 5.41) is 35.7. The second-order valence-electron chi connectivity index (χ2n) is 20.5. The minimum Gasteiger partial charge on any atom is -0.460 e. The molecule has 0 aromatic rings. The number of piperidine rings is 1. The second kappa shape index (κ2) is 25.8. The molecule has 4 aliphatic heterocycles. The fourth-order valence-corrected chi connectivity index (χ4v) is 10.8. The maximum absolute atomic E-state index is 14.7. The van der Waals surface area contributed by atoms with Crippen LogP contribution in [-0.4, -0.2) is 138 Å². The first-order chi connectivity index (χ1) is 32.8. The van der Waals surface area contributed by atoms with Gasteiger partial charge in [0.1, 0.15) is 36.2 Å². The standard InChI is InChI=1S/C52H80N5O12/c1-31-16-12-11-13-17-32(2)43(65-8)28-39-21-19-33(3)49(61)52(64,69-39)51(63)56-23-15-14-18-41(56)50(62)68-44(35(5)26-38-20-22-40(45(27-38)66-9)57-30-53-54-55-57)29-42(58)34(4)25-37(7)47(60)48(67-10)46(59)36(6)24-31/h11-13,16-17,25,31,33-36,38-41,43-45,47-48,60,64H,14-15,18-24,26-30H2,1-10H3/q+1/t31-,33-,34-,35-,36+,38+,39+,40-,41?,43+,44+,45-,47-,48+,52?/m1/s1. The molecule has 0 aromatic heterocycles. The predicted octanol–water partition coefficient (Wildman–Crippen LogP) is 6.99. The maximum atomic E-state index is 14.7. The summed E-state index contributed by atoms with van der Waals surface area (Å²) >= 11 is 0. The smallest absolute Gasteiger partial charge is 0.329 e. The van der Waals surface area contributed by atoms with Gasteiger partial charge in [-0.1, -0.05) is 71.1 Å². The van der Waals surface area contributed by atoms with E-state index in [-0.39, 0.29) is 67.3 Å². The van der Waals surface area contributed by atoms with E-state index in [1.807, 2.05) is 62.8 Å². The summed E-state index contributed by atoms with van der Waals surface area (Å²) in [6.07, 6.45) is 12.0. The molecule has 0 radical (unpaired) electrons. The molecule has 2 N–H and O–H groups in total. The van der Waals surface area contributed by atoms with Crippen LogP contribution in [0.5, 0.6) is 0 Å². The van der Waals surface area contributed by atoms with E-state index < -0.39 is 77.8 Å². The van der Waals surface area contributed by atoms with Crippen molar-refractivity contribution in [2.75, 3.05) is 34.5 Å². The van der Waals surface area contributed by atoms with Crippen LogP contribution in [0.15, 0.2) is 63.2 Å². The number of cyclic esters (lactones) is 1. The van der Waals surface area contributed by atoms with E-state index in [1.165, 1.54) is 12.0 Å². The molecular weight excluding hydrogens is 887 g/mol. The molecule has 384 valence electrons. The van der Waals surface area contributed by atoms with Crippen molar-refractivity contribution >= 4 is 29.2 Å². The summed E-state index contributed by atoms with van der Waals surface area (Å²) in [6, 6.07) is -1.16. The third-order valence-electron chi connectivity index (χ3n) is 15.2. The number of esters is 1. The third kappa shape index (κ3) is 14.3. The minimum absolute atomic E-state index is 0.00176. The third-order valence-corrected chi connectivity index (χ3v) is 15.2. The lowest BCUT2D eigenvalue weighted by Crippen LogP contribution is -2.62. The van der Waals surface area contributed by atoms with Gasteiger partial charge in [-0.2, -0.15) is 0 Å². The average molecular weight is 967 g/mol. The maximum Gasteiger partial charge on any atom is 0.329 e. The zero-order valence-corrected chi connectivity index (χ0v) is 42.7. The number of ether oxygens (including phenoxy) is 5. The summed E-state index contributed by atoms with van der Waals surface area (Å²) in [5.74, 6) is -7.93. The number of ketones is 3. The number of allylic oxidation sites excluding steroid dienone is 6. The van der Waals surface area contributed by atoms with Gasteiger partial charge in [-0.25, -0.2) is 4.79 Å². The Morgan fingerprint density at radius 3 is 2.32 bits per heavy atom. The highest BCUT2D eigenvalue weighted by atomic mass is 16.6. The average Bonchev–Trinajstić information content (AvgIpc) is 3.85. The number of carbonyl (C=O) groups excluding carboxylic acids is 5. The van der Waals surface area contributed by atoms with Gasteiger partial charge >= 0.3 is 11.8 Å². The molecular formula is C52H80N5O12+. The molecule has 69 heavy (non-hydrogen) atoms. The number of carbonyl (C=O) groups is 5. The Balaban J connectivity index is 1.49. The van der Waals surface area contributed by atoms with Crippen molar-refractivity contribution in [3.63, 3.8) is 0 Å². The van der Waals surface area contributed by atoms with Gasteiger partial charge in [0.25, 0.3) is 5.91 Å². The monoisotopic (exact) mass is 967 g/mol. The normalized spacial score (nSPS) is 37.2. The van der Waals surface area contributed by atoms with E-state index in [0.717, 1.165) is 18.4 Å². The van der Waals surface area contributed by atoms with Crippen molar-refractivity contribution in [2.45, 2.75) is 180 Å². The highest BCUT2D eigenvalue weighted by molar-refractivity contribution is 6.09. The Morgan fingerprint density at radius 1 is 0.884 bits per heavy atom. The van der Waals surface area contributed by atoms with Gasteiger partial charge in [0.15, 0.2) is 11.0 Å². The first kappa shape index (κ1) is 55.8. The van der Waals surface area contributed by atoms with Gasteiger partial charge in [0.05, 0.1) is 18.3 Å². The van der Waals surface area contributed by atoms with Crippen molar-refractivity contribution in [1.82, 2.24) is 4.90 Å². The van der Waals surface area contributed by atoms with Gasteiger partial charge < -0.3 is 38.8 Å². The molecule has 2 saturated heterocycles. The molecule has 5 aliphatic rings. The summed E-state index contributed by atoms with van der Waals surface area (Å²) in [6.45, 7) is 13.2. The number of amides is 1. The van der Waals surface area contributed by atoms with Crippen LogP contribution in [0.2, 0.25) is 0 Å². The molecule has 5 rings (SSSR count). The fourth-order valence-electron chi connectivity index (χ4n) is 10.8. The van der Waals surface area contributed by atoms with E-state index in [0.29, 0.717) is 57.2 Å². The van der Waals surface area contributed by atoms with Crippen LogP contribution in [0.25, 0.3) is 0 Å². The molecule has 1 amide bonds. The molecule has 0 spiro atoms. The van der Waals surface area contributed by atoms with Gasteiger partial charge in [-0.3, -0.25) is 19.2 Å². The Hall–Kier alpha value is -4.13. The lowest BCUT2D eigenvalue weighted by atomic mass is 9.77. The molecule has 2 bridgehead atoms. The summed E-state index contributed by atoms with van der Waals surface area (Å²) < 4.78 is 31.9. The van der Waals surface area contributed by atoms with E-state index in [4.69, 9.17) is 23.7 Å². The van der Waals surface area contributed by atoms with Crippen LogP contribution in [0.4, 0.5) is 0 Å². The van der Waals surface area contributed by atoms with E-state index >= 15 is 0 Å². The SMILES string of the molecule is CO[C@H]1C[C@@H]2CC[C@@H](C)C(=O)C(O)(O2)C(=O)N2CCCCC2C(=O)O[C@H]([C@H](C)C[C@@H]2CC[C@@H]([N+]3=NN=NC3)[C@H](OC)C2)CC(=O)[C@H](C)C=C(C)[C@@H](O)[C@@H](OC)C(=O)[C@@H](C)C[C@H](C)C=CC=CC=C1C. The van der Waals surface area contributed by atoms with E-state index in [1.54, 1.807) is 41.1 Å². The molecule has 0 aromatic carbocycles. The number of Topliss-reactive ketones (excluding diaryl/α,β-unsaturated/α-hetero) is 3. The number of fused-ring (bicyclic) bond motifs is 3. The van der Waals surface area contributed by atoms with Crippen molar-refractivity contribution < 1.29 is 62.6 Å². The molecule has 3 fully saturated rings. The molecule has 15 atom stereocenters. The first-order valence-electron chi connectivity index (χ1n) is 25.2. The van der Waals surface area contributed by atoms with Crippen molar-refractivity contribution in [2.24, 2.45) is 51.1 Å². The van der Waals surface area contributed by atoms with Crippen LogP contribution in [0, 0.1) is 35.5 Å². The molecule has 2 unspecified atom stereocenters. The number of rotatable bonds is 7. The van der Waals surface area contributed by atoms with Gasteiger partial charge in [-0.05, 0) is 112 Å². The Morgan fingerprint density at radius 2 is 1.64 bits per heavy atom. The van der Waals surface area contributed by atoms with Crippen molar-refractivity contribution in [3.05, 3.63) is 47.6 Å². The zero-order valence-electron chi connectivity index (χ0n) is 42.7. The Labute approximate surface area is 408 Å². The first-order valence-corrected chi connectivity index (χ1v) is 25.2. The van der Waals surface area contributed by atoms with Crippen LogP contribution >= 0.6 is 0 Å². The van der Waals surface area contributed by atoms with E-state index in [9.17, 15) is 34.2 Å². The second-order valence-corrected chi connectivity index (χ2v) is 20.5. The Bertz CT molecular complexity index is 2000. The molecule has 17 nitrogen and oxygen atoms in total. The Kier molecular flexibility index (Phi) is 20.9. The highest BCUT2D eigenvalue weighted by Gasteiger charge is 2.55. The summed E-state index contributed by atoms with van der Waals surface area (Å²) in [4.78, 5) is 72.6. The number of aliphatic hydroxyl groups excluding tert-OH is 1. The van der Waals surface area contributed by atoms with Crippen LogP contribution in [0.1, 0.15) is 126 Å². The van der Waals surface area contributed by atoms with Crippen molar-refractivity contribution in [1.29, 1.82) is 0 Å². The lowest BCUT2D eigenvalue weighted by molar-refractivity contribution is -0.631. The largest absolute Gasteiger partial charge is 0.460 e. The van der Waals surface area contributed by atoms with Crippen LogP contribution in [-0.2, 0) is 47.7 Å². The number of aliphatic hydroxyl groups is 2. The van der Waals surface area contributed by atoms with Gasteiger partial charge in [0, 0.05) is 58.5 Å². The van der Waals surface area contributed by atoms with E-state index in [2.05, 4.69) is 15.6 Å². The molecule has 4 heterocycles. The predicted molar refractivity (Wildman–Crippen MR) is 255 cm³/mol. The molecule has 1 aliphatic carbocycles.